The molecule has 1 fully saturated rings. The van der Waals surface area contributed by atoms with Crippen LogP contribution in [0.3, 0.4) is 0 Å². The van der Waals surface area contributed by atoms with Gasteiger partial charge in [-0.25, -0.2) is 0 Å². The number of guanidine groups is 1. The van der Waals surface area contributed by atoms with Gasteiger partial charge in [0.25, 0.3) is 0 Å². The molecule has 1 unspecified atom stereocenters. The summed E-state index contributed by atoms with van der Waals surface area (Å²) in [5.41, 5.74) is 0. The molecule has 0 bridgehead atoms. The van der Waals surface area contributed by atoms with Crippen LogP contribution < -0.4 is 10.6 Å². The van der Waals surface area contributed by atoms with Crippen molar-refractivity contribution < 1.29 is 4.74 Å². The van der Waals surface area contributed by atoms with Crippen LogP contribution in [0, 0.1) is 5.92 Å². The average Bonchev–Trinajstić information content (AvgIpc) is 2.84. The van der Waals surface area contributed by atoms with Crippen LogP contribution in [0.1, 0.15) is 46.5 Å². The van der Waals surface area contributed by atoms with Gasteiger partial charge in [-0.1, -0.05) is 13.8 Å². The van der Waals surface area contributed by atoms with E-state index in [0.29, 0.717) is 6.10 Å². The molecule has 4 nitrogen and oxygen atoms in total. The first-order valence-corrected chi connectivity index (χ1v) is 7.36. The van der Waals surface area contributed by atoms with E-state index in [1.54, 1.807) is 0 Å². The van der Waals surface area contributed by atoms with Gasteiger partial charge in [0.2, 0.25) is 0 Å². The van der Waals surface area contributed by atoms with E-state index >= 15 is 0 Å². The van der Waals surface area contributed by atoms with Crippen LogP contribution in [0.15, 0.2) is 4.99 Å². The number of hydrogen-bond acceptors (Lipinski definition) is 2. The van der Waals surface area contributed by atoms with Crippen LogP contribution >= 0.6 is 24.0 Å². The van der Waals surface area contributed by atoms with E-state index in [0.717, 1.165) is 44.5 Å². The number of ether oxygens (including phenoxy) is 1. The van der Waals surface area contributed by atoms with Crippen LogP contribution in [0.5, 0.6) is 0 Å². The van der Waals surface area contributed by atoms with Crippen molar-refractivity contribution in [2.45, 2.75) is 52.6 Å². The summed E-state index contributed by atoms with van der Waals surface area (Å²) in [5, 5.41) is 6.66. The maximum Gasteiger partial charge on any atom is 0.191 e. The van der Waals surface area contributed by atoms with Gasteiger partial charge in [0.05, 0.1) is 12.6 Å². The van der Waals surface area contributed by atoms with Crippen molar-refractivity contribution >= 4 is 29.9 Å². The first-order valence-electron chi connectivity index (χ1n) is 7.36. The van der Waals surface area contributed by atoms with Crippen molar-refractivity contribution in [3.63, 3.8) is 0 Å². The second kappa shape index (κ2) is 11.8. The Morgan fingerprint density at radius 2 is 2.16 bits per heavy atom. The lowest BCUT2D eigenvalue weighted by Gasteiger charge is -2.13. The van der Waals surface area contributed by atoms with Crippen LogP contribution in [0.25, 0.3) is 0 Å². The zero-order chi connectivity index (χ0) is 13.2. The molecule has 1 heterocycles. The van der Waals surface area contributed by atoms with E-state index in [-0.39, 0.29) is 24.0 Å². The third-order valence-corrected chi connectivity index (χ3v) is 3.07. The van der Waals surface area contributed by atoms with Crippen LogP contribution in [0.4, 0.5) is 0 Å². The fraction of sp³-hybridized carbons (Fsp3) is 0.929. The van der Waals surface area contributed by atoms with Crippen molar-refractivity contribution in [3.05, 3.63) is 0 Å². The van der Waals surface area contributed by atoms with Crippen LogP contribution in [-0.2, 0) is 4.74 Å². The maximum atomic E-state index is 5.58. The summed E-state index contributed by atoms with van der Waals surface area (Å²) >= 11 is 0. The standard InChI is InChI=1S/C14H29N3O.HI/c1-4-15-14(16-9-5-7-12(2)3)17-11-13-8-6-10-18-13;/h12-13H,4-11H2,1-3H3,(H2,15,16,17);1H. The van der Waals surface area contributed by atoms with Crippen LogP contribution in [0.2, 0.25) is 0 Å². The molecule has 0 radical (unpaired) electrons. The van der Waals surface area contributed by atoms with Crippen molar-refractivity contribution in [3.8, 4) is 0 Å². The van der Waals surface area contributed by atoms with E-state index in [4.69, 9.17) is 4.74 Å². The topological polar surface area (TPSA) is 45.7 Å². The third kappa shape index (κ3) is 9.49. The molecule has 5 heteroatoms. The molecule has 1 atom stereocenters. The predicted molar refractivity (Wildman–Crippen MR) is 92.4 cm³/mol. The van der Waals surface area contributed by atoms with Gasteiger partial charge >= 0.3 is 0 Å². The Balaban J connectivity index is 0.00000324. The van der Waals surface area contributed by atoms with Gasteiger partial charge in [0.15, 0.2) is 5.96 Å². The molecule has 1 rings (SSSR count). The molecular weight excluding hydrogens is 353 g/mol. The Morgan fingerprint density at radius 3 is 2.74 bits per heavy atom. The Morgan fingerprint density at radius 1 is 1.37 bits per heavy atom. The van der Waals surface area contributed by atoms with Gasteiger partial charge in [0.1, 0.15) is 0 Å². The maximum absolute atomic E-state index is 5.58. The quantitative estimate of drug-likeness (QED) is 0.308. The molecule has 0 saturated carbocycles. The van der Waals surface area contributed by atoms with Crippen molar-refractivity contribution in [1.82, 2.24) is 10.6 Å². The Hall–Kier alpha value is -0.0400. The zero-order valence-electron chi connectivity index (χ0n) is 12.6. The summed E-state index contributed by atoms with van der Waals surface area (Å²) in [6.07, 6.45) is 5.12. The summed E-state index contributed by atoms with van der Waals surface area (Å²) in [6.45, 7) is 10.2. The fourth-order valence-corrected chi connectivity index (χ4v) is 2.04. The minimum Gasteiger partial charge on any atom is -0.376 e. The third-order valence-electron chi connectivity index (χ3n) is 3.07. The summed E-state index contributed by atoms with van der Waals surface area (Å²) in [5.74, 6) is 1.70. The number of nitrogens with zero attached hydrogens (tertiary/aromatic N) is 1. The summed E-state index contributed by atoms with van der Waals surface area (Å²) in [7, 11) is 0. The van der Waals surface area contributed by atoms with Gasteiger partial charge in [-0.3, -0.25) is 4.99 Å². The van der Waals surface area contributed by atoms with E-state index in [9.17, 15) is 0 Å². The number of rotatable bonds is 7. The first-order chi connectivity index (χ1) is 8.72. The highest BCUT2D eigenvalue weighted by atomic mass is 127. The lowest BCUT2D eigenvalue weighted by molar-refractivity contribution is 0.117. The predicted octanol–water partition coefficient (Wildman–Crippen LogP) is 2.77. The lowest BCUT2D eigenvalue weighted by atomic mass is 10.1. The number of aliphatic imine (C=N–C) groups is 1. The average molecular weight is 383 g/mol. The van der Waals surface area contributed by atoms with Gasteiger partial charge in [-0.15, -0.1) is 24.0 Å². The number of halogens is 1. The highest BCUT2D eigenvalue weighted by Gasteiger charge is 2.14. The van der Waals surface area contributed by atoms with E-state index in [2.05, 4.69) is 36.4 Å². The normalized spacial score (nSPS) is 19.4. The molecule has 0 aromatic rings. The van der Waals surface area contributed by atoms with E-state index in [1.165, 1.54) is 19.3 Å². The summed E-state index contributed by atoms with van der Waals surface area (Å²) in [6, 6.07) is 0. The number of nitrogens with one attached hydrogen (secondary N) is 2. The van der Waals surface area contributed by atoms with Crippen LogP contribution in [-0.4, -0.2) is 38.3 Å². The molecule has 0 aromatic heterocycles. The molecule has 1 aliphatic heterocycles. The van der Waals surface area contributed by atoms with Crippen molar-refractivity contribution in [2.75, 3.05) is 26.2 Å². The smallest absolute Gasteiger partial charge is 0.191 e. The largest absolute Gasteiger partial charge is 0.376 e. The van der Waals surface area contributed by atoms with E-state index in [1.807, 2.05) is 0 Å². The number of hydrogen-bond donors (Lipinski definition) is 2. The first kappa shape index (κ1) is 19.0. The zero-order valence-corrected chi connectivity index (χ0v) is 14.9. The van der Waals surface area contributed by atoms with Gasteiger partial charge in [-0.05, 0) is 38.5 Å². The summed E-state index contributed by atoms with van der Waals surface area (Å²) in [4.78, 5) is 4.58. The highest BCUT2D eigenvalue weighted by molar-refractivity contribution is 14.0. The van der Waals surface area contributed by atoms with Crippen molar-refractivity contribution in [1.29, 1.82) is 0 Å². The minimum atomic E-state index is 0. The van der Waals surface area contributed by atoms with Gasteiger partial charge < -0.3 is 15.4 Å². The monoisotopic (exact) mass is 383 g/mol. The molecule has 0 aromatic carbocycles. The SMILES string of the molecule is CCNC(=NCC1CCCO1)NCCCC(C)C.I. The Bertz CT molecular complexity index is 241. The molecule has 1 saturated heterocycles. The van der Waals surface area contributed by atoms with Gasteiger partial charge in [0, 0.05) is 19.7 Å². The van der Waals surface area contributed by atoms with Crippen molar-refractivity contribution in [2.24, 2.45) is 10.9 Å². The molecule has 2 N–H and O–H groups in total. The molecule has 0 spiro atoms. The highest BCUT2D eigenvalue weighted by Crippen LogP contribution is 2.11. The Kier molecular flexibility index (Phi) is 11.7. The van der Waals surface area contributed by atoms with E-state index < -0.39 is 0 Å². The summed E-state index contributed by atoms with van der Waals surface area (Å²) < 4.78 is 5.58. The second-order valence-electron chi connectivity index (χ2n) is 5.32. The Labute approximate surface area is 135 Å². The lowest BCUT2D eigenvalue weighted by Crippen LogP contribution is -2.38. The fourth-order valence-electron chi connectivity index (χ4n) is 2.04. The molecule has 0 amide bonds. The molecule has 1 aliphatic rings. The minimum absolute atomic E-state index is 0. The molecule has 0 aliphatic carbocycles. The molecule has 19 heavy (non-hydrogen) atoms. The molecule has 114 valence electrons. The second-order valence-corrected chi connectivity index (χ2v) is 5.32. The molecular formula is C14H30IN3O. The van der Waals surface area contributed by atoms with Gasteiger partial charge in [-0.2, -0.15) is 0 Å².